The molecule has 6 nitrogen and oxygen atoms in total. The largest absolute Gasteiger partial charge is 0.862 e. The highest BCUT2D eigenvalue weighted by Crippen LogP contribution is 2.67. The van der Waals surface area contributed by atoms with Gasteiger partial charge in [-0.25, -0.2) is 4.99 Å². The standard InChI is InChI=1S/C21H12BrF9O3P.C4H5NO2/c22-35(32-16-7-1-13(2-8-16)19(23,24)25,33-17-9-3-14(4-10-17)20(26,27)28)34-18-11-5-15(6-12-18)21(29,30)31;6-3-1-2-4(7)5-3/h1-12H;1-2H2,(H,5,6,7)/q+1;/p-1. The van der Waals surface area contributed by atoms with Crippen LogP contribution in [0, 0.1) is 0 Å². The van der Waals surface area contributed by atoms with E-state index in [4.69, 9.17) is 13.6 Å². The van der Waals surface area contributed by atoms with Crippen molar-refractivity contribution in [1.29, 1.82) is 0 Å². The second kappa shape index (κ2) is 12.8. The molecule has 3 aromatic rings. The van der Waals surface area contributed by atoms with Crippen molar-refractivity contribution in [2.75, 3.05) is 0 Å². The van der Waals surface area contributed by atoms with Crippen molar-refractivity contribution in [3.63, 3.8) is 0 Å². The fourth-order valence-corrected chi connectivity index (χ4v) is 5.75. The van der Waals surface area contributed by atoms with E-state index in [1.54, 1.807) is 0 Å². The SMILES string of the molecule is FC(F)(F)c1ccc(O[P+](Br)(Oc2ccc(C(F)(F)F)cc2)Oc2ccc(C(F)(F)F)cc2)cc1.O=C1CCC([O-])=N1. The van der Waals surface area contributed by atoms with Crippen molar-refractivity contribution in [2.24, 2.45) is 4.99 Å². The van der Waals surface area contributed by atoms with Crippen LogP contribution in [0.25, 0.3) is 0 Å². The molecule has 17 heteroatoms. The molecule has 0 saturated heterocycles. The first-order valence-electron chi connectivity index (χ1n) is 11.3. The van der Waals surface area contributed by atoms with E-state index in [1.165, 1.54) is 0 Å². The van der Waals surface area contributed by atoms with Gasteiger partial charge >= 0.3 is 25.2 Å². The van der Waals surface area contributed by atoms with Crippen molar-refractivity contribution in [3.8, 4) is 17.2 Å². The van der Waals surface area contributed by atoms with Gasteiger partial charge in [0.2, 0.25) is 5.91 Å². The Morgan fingerprint density at radius 2 is 0.881 bits per heavy atom. The topological polar surface area (TPSA) is 80.2 Å². The second-order valence-electron chi connectivity index (χ2n) is 8.17. The van der Waals surface area contributed by atoms with E-state index >= 15 is 0 Å². The number of aliphatic imine (C=N–C) groups is 1. The van der Waals surface area contributed by atoms with Crippen molar-refractivity contribution in [2.45, 2.75) is 31.4 Å². The summed E-state index contributed by atoms with van der Waals surface area (Å²) in [5, 5.41) is 10.1. The summed E-state index contributed by atoms with van der Waals surface area (Å²) in [6.45, 7) is -3.83. The Kier molecular flexibility index (Phi) is 10.0. The van der Waals surface area contributed by atoms with Crippen LogP contribution in [0.2, 0.25) is 0 Å². The first-order chi connectivity index (χ1) is 19.3. The van der Waals surface area contributed by atoms with Crippen LogP contribution in [0.3, 0.4) is 0 Å². The van der Waals surface area contributed by atoms with Crippen molar-refractivity contribution in [1.82, 2.24) is 0 Å². The van der Waals surface area contributed by atoms with Gasteiger partial charge in [-0.05, 0) is 85.1 Å². The first kappa shape index (κ1) is 33.0. The van der Waals surface area contributed by atoms with Gasteiger partial charge in [0, 0.05) is 6.42 Å². The minimum absolute atomic E-state index is 0.179. The van der Waals surface area contributed by atoms with E-state index in [1.807, 2.05) is 0 Å². The van der Waals surface area contributed by atoms with Gasteiger partial charge < -0.3 is 5.11 Å². The molecule has 42 heavy (non-hydrogen) atoms. The van der Waals surface area contributed by atoms with E-state index in [-0.39, 0.29) is 29.1 Å². The summed E-state index contributed by atoms with van der Waals surface area (Å²) < 4.78 is 132. The molecule has 0 spiro atoms. The Morgan fingerprint density at radius 3 is 1.05 bits per heavy atom. The molecule has 0 radical (unpaired) electrons. The molecule has 0 aromatic heterocycles. The van der Waals surface area contributed by atoms with E-state index in [9.17, 15) is 49.4 Å². The van der Waals surface area contributed by atoms with Crippen LogP contribution in [-0.2, 0) is 23.3 Å². The van der Waals surface area contributed by atoms with E-state index in [0.29, 0.717) is 49.2 Å². The number of alkyl halides is 9. The van der Waals surface area contributed by atoms with Gasteiger partial charge in [0.1, 0.15) is 0 Å². The zero-order valence-electron chi connectivity index (χ0n) is 20.6. The van der Waals surface area contributed by atoms with Gasteiger partial charge in [-0.15, -0.1) is 0 Å². The number of rotatable bonds is 6. The van der Waals surface area contributed by atoms with Crippen LogP contribution in [0.1, 0.15) is 29.5 Å². The van der Waals surface area contributed by atoms with Gasteiger partial charge in [0.05, 0.1) is 16.7 Å². The molecule has 1 aliphatic heterocycles. The highest BCUT2D eigenvalue weighted by molar-refractivity contribution is 9.40. The molecule has 0 saturated carbocycles. The van der Waals surface area contributed by atoms with Crippen LogP contribution in [0.5, 0.6) is 17.2 Å². The molecule has 1 aliphatic rings. The monoisotopic (exact) mass is 691 g/mol. The maximum atomic E-state index is 12.8. The summed E-state index contributed by atoms with van der Waals surface area (Å²) in [4.78, 5) is 13.2. The molecule has 226 valence electrons. The van der Waals surface area contributed by atoms with Crippen LogP contribution < -0.4 is 18.7 Å². The number of carbonyl (C=O) groups is 1. The van der Waals surface area contributed by atoms with Crippen molar-refractivity contribution < 1.29 is 63.0 Å². The number of hydrogen-bond donors (Lipinski definition) is 0. The lowest BCUT2D eigenvalue weighted by molar-refractivity contribution is -0.217. The van der Waals surface area contributed by atoms with Gasteiger partial charge in [0.25, 0.3) is 15.5 Å². The average molecular weight is 692 g/mol. The van der Waals surface area contributed by atoms with Crippen molar-refractivity contribution >= 4 is 33.9 Å². The Balaban J connectivity index is 0.000000603. The predicted molar refractivity (Wildman–Crippen MR) is 134 cm³/mol. The first-order valence-corrected chi connectivity index (χ1v) is 14.9. The Labute approximate surface area is 240 Å². The summed E-state index contributed by atoms with van der Waals surface area (Å²) in [6.07, 6.45) is -13.2. The third-order valence-electron chi connectivity index (χ3n) is 4.99. The summed E-state index contributed by atoms with van der Waals surface area (Å²) in [5.74, 6) is -1.08. The van der Waals surface area contributed by atoms with Crippen LogP contribution in [0.15, 0.2) is 77.8 Å². The summed E-state index contributed by atoms with van der Waals surface area (Å²) >= 11 is 3.05. The second-order valence-corrected chi connectivity index (χ2v) is 12.2. The maximum Gasteiger partial charge on any atom is 0.620 e. The van der Waals surface area contributed by atoms with E-state index in [2.05, 4.69) is 20.5 Å². The fourth-order valence-electron chi connectivity index (χ4n) is 3.01. The van der Waals surface area contributed by atoms with Gasteiger partial charge in [0.15, 0.2) is 17.2 Å². The number of hydrogen-bond acceptors (Lipinski definition) is 5. The lowest BCUT2D eigenvalue weighted by Gasteiger charge is -2.18. The smallest absolute Gasteiger partial charge is 0.620 e. The third-order valence-corrected chi connectivity index (χ3v) is 7.58. The van der Waals surface area contributed by atoms with E-state index in [0.717, 1.165) is 36.4 Å². The molecule has 0 aliphatic carbocycles. The van der Waals surface area contributed by atoms with Crippen LogP contribution >= 0.6 is 22.1 Å². The molecule has 0 N–H and O–H groups in total. The number of carbonyl (C=O) groups excluding carboxylic acids is 1. The minimum Gasteiger partial charge on any atom is -0.862 e. The van der Waals surface area contributed by atoms with Gasteiger partial charge in [-0.1, -0.05) is 0 Å². The molecule has 1 amide bonds. The molecule has 4 rings (SSSR count). The summed E-state index contributed by atoms with van der Waals surface area (Å²) in [7, 11) is 0. The minimum atomic E-state index is -4.62. The van der Waals surface area contributed by atoms with Crippen molar-refractivity contribution in [3.05, 3.63) is 89.5 Å². The molecule has 1 heterocycles. The molecular formula is C25H16BrF9NO5P. The van der Waals surface area contributed by atoms with Gasteiger partial charge in [-0.3, -0.25) is 18.4 Å². The highest BCUT2D eigenvalue weighted by atomic mass is 79.9. The third kappa shape index (κ3) is 9.79. The predicted octanol–water partition coefficient (Wildman–Crippen LogP) is 8.42. The van der Waals surface area contributed by atoms with E-state index < -0.39 is 41.9 Å². The zero-order valence-corrected chi connectivity index (χ0v) is 23.0. The summed E-state index contributed by atoms with van der Waals surface area (Å²) in [5.41, 5.74) is -2.93. The quantitative estimate of drug-likeness (QED) is 0.192. The maximum absolute atomic E-state index is 12.8. The lowest BCUT2D eigenvalue weighted by atomic mass is 10.2. The average Bonchev–Trinajstić information content (AvgIpc) is 3.25. The zero-order chi connectivity index (χ0) is 31.3. The van der Waals surface area contributed by atoms with Crippen LogP contribution in [-0.4, -0.2) is 11.8 Å². The molecule has 0 unspecified atom stereocenters. The molecular weight excluding hydrogens is 676 g/mol. The fraction of sp³-hybridized carbons (Fsp3) is 0.200. The molecule has 0 atom stereocenters. The van der Waals surface area contributed by atoms with Gasteiger partial charge in [-0.2, -0.15) is 39.5 Å². The van der Waals surface area contributed by atoms with Crippen LogP contribution in [0.4, 0.5) is 39.5 Å². The number of nitrogens with zero attached hydrogens (tertiary/aromatic N) is 1. The lowest BCUT2D eigenvalue weighted by Crippen LogP contribution is -2.12. The number of benzene rings is 3. The highest BCUT2D eigenvalue weighted by Gasteiger charge is 2.49. The Hall–Kier alpha value is -3.52. The Bertz CT molecular complexity index is 1250. The summed E-state index contributed by atoms with van der Waals surface area (Å²) in [6, 6.07) is 9.96. The Morgan fingerprint density at radius 1 is 0.595 bits per heavy atom. The number of halogens is 10. The molecule has 0 fully saturated rings. The molecule has 0 bridgehead atoms. The number of amides is 1. The molecule has 3 aromatic carbocycles. The normalized spacial score (nSPS) is 14.0.